The molecular weight excluding hydrogens is 554 g/mol. The van der Waals surface area contributed by atoms with E-state index >= 15 is 0 Å². The fourth-order valence-electron chi connectivity index (χ4n) is 4.25. The van der Waals surface area contributed by atoms with Crippen molar-refractivity contribution >= 4 is 25.9 Å². The van der Waals surface area contributed by atoms with E-state index in [4.69, 9.17) is 23.6 Å². The summed E-state index contributed by atoms with van der Waals surface area (Å²) in [7, 11) is -6.02. The number of benzene rings is 4. The van der Waals surface area contributed by atoms with Gasteiger partial charge in [-0.1, -0.05) is 48.5 Å². The summed E-state index contributed by atoms with van der Waals surface area (Å²) in [5, 5.41) is 0. The zero-order chi connectivity index (χ0) is 29.1. The number of rotatable bonds is 10. The highest BCUT2D eigenvalue weighted by Crippen LogP contribution is 2.45. The van der Waals surface area contributed by atoms with Gasteiger partial charge in [0.1, 0.15) is 18.1 Å². The second-order valence-corrected chi connectivity index (χ2v) is 12.2. The fourth-order valence-corrected chi connectivity index (χ4v) is 5.17. The molecule has 210 valence electrons. The summed E-state index contributed by atoms with van der Waals surface area (Å²) in [5.74, 6) is 0.861. The van der Waals surface area contributed by atoms with E-state index in [0.717, 1.165) is 29.2 Å². The van der Waals surface area contributed by atoms with Crippen LogP contribution in [-0.2, 0) is 26.8 Å². The Kier molecular flexibility index (Phi) is 8.26. The molecule has 0 aromatic heterocycles. The van der Waals surface area contributed by atoms with Crippen molar-refractivity contribution in [1.29, 1.82) is 0 Å². The van der Waals surface area contributed by atoms with Crippen LogP contribution in [-0.4, -0.2) is 36.5 Å². The molecule has 0 saturated heterocycles. The van der Waals surface area contributed by atoms with Gasteiger partial charge in [0, 0.05) is 11.1 Å². The maximum Gasteiger partial charge on any atom is 0.306 e. The first-order valence-corrected chi connectivity index (χ1v) is 15.7. The molecule has 0 radical (unpaired) electrons. The number of aryl methyl sites for hydroxylation is 1. The van der Waals surface area contributed by atoms with E-state index in [-0.39, 0.29) is 23.9 Å². The fraction of sp³-hybridized carbons (Fsp3) is 0.172. The molecule has 0 spiro atoms. The van der Waals surface area contributed by atoms with Crippen LogP contribution in [0.25, 0.3) is 22.3 Å². The van der Waals surface area contributed by atoms with E-state index in [1.165, 1.54) is 19.2 Å². The van der Waals surface area contributed by atoms with Crippen molar-refractivity contribution in [3.05, 3.63) is 90.0 Å². The Bertz CT molecular complexity index is 1740. The van der Waals surface area contributed by atoms with Crippen molar-refractivity contribution in [2.45, 2.75) is 13.5 Å². The van der Waals surface area contributed by atoms with Crippen molar-refractivity contribution in [3.63, 3.8) is 0 Å². The Morgan fingerprint density at radius 1 is 0.750 bits per heavy atom. The summed E-state index contributed by atoms with van der Waals surface area (Å²) in [4.78, 5) is 0. The van der Waals surface area contributed by atoms with Gasteiger partial charge in [-0.2, -0.15) is 16.8 Å². The summed E-state index contributed by atoms with van der Waals surface area (Å²) in [6, 6.07) is 22.8. The first-order chi connectivity index (χ1) is 18.8. The van der Waals surface area contributed by atoms with Crippen molar-refractivity contribution in [3.8, 4) is 45.3 Å². The molecule has 0 aliphatic heterocycles. The molecule has 0 aliphatic carbocycles. The summed E-state index contributed by atoms with van der Waals surface area (Å²) in [5.41, 5.74) is 11.3. The number of hydrogen-bond donors (Lipinski definition) is 1. The van der Waals surface area contributed by atoms with Gasteiger partial charge in [0.05, 0.1) is 25.3 Å². The summed E-state index contributed by atoms with van der Waals surface area (Å²) < 4.78 is 68.7. The number of ether oxygens (including phenoxy) is 2. The van der Waals surface area contributed by atoms with Crippen LogP contribution in [0.2, 0.25) is 0 Å². The molecule has 0 fully saturated rings. The lowest BCUT2D eigenvalue weighted by molar-refractivity contribution is 0.296. The highest BCUT2D eigenvalue weighted by molar-refractivity contribution is 7.86. The maximum atomic E-state index is 12.0. The van der Waals surface area contributed by atoms with Crippen molar-refractivity contribution in [2.75, 3.05) is 25.4 Å². The van der Waals surface area contributed by atoms with Crippen LogP contribution in [0.15, 0.2) is 78.9 Å². The molecule has 2 N–H and O–H groups in total. The zero-order valence-electron chi connectivity index (χ0n) is 22.4. The Morgan fingerprint density at radius 2 is 1.38 bits per heavy atom. The van der Waals surface area contributed by atoms with Gasteiger partial charge < -0.3 is 23.6 Å². The minimum Gasteiger partial charge on any atom is -0.494 e. The molecule has 4 aromatic rings. The minimum atomic E-state index is -3.86. The third-order valence-electron chi connectivity index (χ3n) is 5.84. The number of methoxy groups -OCH3 is 1. The number of hydrogen-bond acceptors (Lipinski definition) is 9. The minimum absolute atomic E-state index is 0.0271. The average Bonchev–Trinajstić information content (AvgIpc) is 2.87. The topological polar surface area (TPSA) is 131 Å². The summed E-state index contributed by atoms with van der Waals surface area (Å²) >= 11 is 0. The summed E-state index contributed by atoms with van der Waals surface area (Å²) in [6.45, 7) is 2.09. The van der Waals surface area contributed by atoms with Gasteiger partial charge >= 0.3 is 20.2 Å². The molecule has 0 bridgehead atoms. The van der Waals surface area contributed by atoms with Crippen LogP contribution in [0.3, 0.4) is 0 Å². The first kappa shape index (κ1) is 28.8. The van der Waals surface area contributed by atoms with Gasteiger partial charge in [-0.25, -0.2) is 0 Å². The third-order valence-corrected chi connectivity index (χ3v) is 6.82. The maximum absolute atomic E-state index is 12.0. The van der Waals surface area contributed by atoms with Gasteiger partial charge in [-0.05, 0) is 59.5 Å². The quantitative estimate of drug-likeness (QED) is 0.198. The van der Waals surface area contributed by atoms with Gasteiger partial charge in [0.25, 0.3) is 0 Å². The highest BCUT2D eigenvalue weighted by atomic mass is 32.2. The Hall–Kier alpha value is -4.22. The van der Waals surface area contributed by atoms with E-state index in [1.54, 1.807) is 30.3 Å². The lowest BCUT2D eigenvalue weighted by Gasteiger charge is -2.19. The second kappa shape index (κ2) is 11.5. The van der Waals surface area contributed by atoms with Gasteiger partial charge in [0.2, 0.25) is 0 Å². The molecule has 4 rings (SSSR count). The highest BCUT2D eigenvalue weighted by Gasteiger charge is 2.20. The van der Waals surface area contributed by atoms with Crippen molar-refractivity contribution in [2.24, 2.45) is 0 Å². The molecular formula is C29H29NO8S2. The lowest BCUT2D eigenvalue weighted by Crippen LogP contribution is -2.08. The Balaban J connectivity index is 1.74. The third kappa shape index (κ3) is 7.04. The molecule has 4 aromatic carbocycles. The standard InChI is InChI=1S/C29H29NO8S2/c1-19-16-24(21-10-13-23(14-11-21)37-39(3,31)32)29(35-2)28(30)27(19)22-12-15-25(26(17-22)38-40(4,33)34)36-18-20-8-6-5-7-9-20/h5-17H,18,30H2,1-4H3. The molecule has 0 heterocycles. The average molecular weight is 584 g/mol. The molecule has 0 aliphatic rings. The van der Waals surface area contributed by atoms with Crippen LogP contribution < -0.4 is 23.6 Å². The van der Waals surface area contributed by atoms with Crippen molar-refractivity contribution < 1.29 is 34.7 Å². The van der Waals surface area contributed by atoms with Crippen LogP contribution in [0.1, 0.15) is 11.1 Å². The SMILES string of the molecule is COc1c(-c2ccc(OS(C)(=O)=O)cc2)cc(C)c(-c2ccc(OCc3ccccc3)c(OS(C)(=O)=O)c2)c1N. The Morgan fingerprint density at radius 3 is 1.98 bits per heavy atom. The number of anilines is 1. The molecule has 40 heavy (non-hydrogen) atoms. The molecule has 11 heteroatoms. The zero-order valence-corrected chi connectivity index (χ0v) is 24.0. The molecule has 0 unspecified atom stereocenters. The largest absolute Gasteiger partial charge is 0.494 e. The smallest absolute Gasteiger partial charge is 0.306 e. The predicted molar refractivity (Wildman–Crippen MR) is 155 cm³/mol. The monoisotopic (exact) mass is 583 g/mol. The molecule has 9 nitrogen and oxygen atoms in total. The van der Waals surface area contributed by atoms with Gasteiger partial charge in [-0.3, -0.25) is 0 Å². The predicted octanol–water partition coefficient (Wildman–Crippen LogP) is 5.18. The lowest BCUT2D eigenvalue weighted by atomic mass is 9.92. The van der Waals surface area contributed by atoms with Crippen LogP contribution in [0, 0.1) is 6.92 Å². The molecule has 0 saturated carbocycles. The van der Waals surface area contributed by atoms with E-state index in [0.29, 0.717) is 28.1 Å². The van der Waals surface area contributed by atoms with Crippen molar-refractivity contribution in [1.82, 2.24) is 0 Å². The normalized spacial score (nSPS) is 11.6. The second-order valence-electron chi connectivity index (χ2n) is 9.10. The van der Waals surface area contributed by atoms with Crippen LogP contribution in [0.4, 0.5) is 5.69 Å². The first-order valence-electron chi connectivity index (χ1n) is 12.0. The van der Waals surface area contributed by atoms with E-state index in [2.05, 4.69) is 0 Å². The van der Waals surface area contributed by atoms with Gasteiger partial charge in [0.15, 0.2) is 11.5 Å². The molecule has 0 amide bonds. The Labute approximate surface area is 234 Å². The van der Waals surface area contributed by atoms with Crippen LogP contribution >= 0.6 is 0 Å². The van der Waals surface area contributed by atoms with E-state index < -0.39 is 20.2 Å². The summed E-state index contributed by atoms with van der Waals surface area (Å²) in [6.07, 6.45) is 1.94. The number of nitrogen functional groups attached to an aromatic ring is 1. The van der Waals surface area contributed by atoms with E-state index in [9.17, 15) is 16.8 Å². The molecule has 0 atom stereocenters. The van der Waals surface area contributed by atoms with Crippen LogP contribution in [0.5, 0.6) is 23.0 Å². The van der Waals surface area contributed by atoms with Gasteiger partial charge in [-0.15, -0.1) is 0 Å². The number of nitrogens with two attached hydrogens (primary N) is 1. The van der Waals surface area contributed by atoms with E-state index in [1.807, 2.05) is 43.3 Å².